The van der Waals surface area contributed by atoms with Gasteiger partial charge in [-0.25, -0.2) is 4.98 Å². The largest absolute Gasteiger partial charge is 0.293 e. The fourth-order valence-electron chi connectivity index (χ4n) is 4.80. The fourth-order valence-corrected chi connectivity index (χ4v) is 4.80. The zero-order chi connectivity index (χ0) is 22.1. The molecule has 0 fully saturated rings. The first-order chi connectivity index (χ1) is 15.8. The molecule has 1 aliphatic rings. The number of aryl methyl sites for hydroxylation is 1. The van der Waals surface area contributed by atoms with E-state index >= 15 is 0 Å². The first-order valence-electron chi connectivity index (χ1n) is 11.1. The minimum Gasteiger partial charge on any atom is -0.293 e. The van der Waals surface area contributed by atoms with E-state index in [0.717, 1.165) is 41.3 Å². The molecule has 0 unspecified atom stereocenters. The van der Waals surface area contributed by atoms with Crippen molar-refractivity contribution in [1.29, 1.82) is 0 Å². The van der Waals surface area contributed by atoms with Crippen LogP contribution >= 0.6 is 0 Å². The van der Waals surface area contributed by atoms with Gasteiger partial charge in [0, 0.05) is 11.3 Å². The number of rotatable bonds is 5. The van der Waals surface area contributed by atoms with E-state index < -0.39 is 0 Å². The van der Waals surface area contributed by atoms with Gasteiger partial charge in [0.2, 0.25) is 0 Å². The van der Waals surface area contributed by atoms with Crippen molar-refractivity contribution in [3.05, 3.63) is 109 Å². The summed E-state index contributed by atoms with van der Waals surface area (Å²) < 4.78 is 2.23. The second-order valence-electron chi connectivity index (χ2n) is 7.90. The second kappa shape index (κ2) is 8.32. The maximum absolute atomic E-state index is 5.11. The molecule has 1 heterocycles. The molecule has 0 N–H and O–H groups in total. The zero-order valence-corrected chi connectivity index (χ0v) is 18.4. The van der Waals surface area contributed by atoms with Crippen molar-refractivity contribution in [2.24, 2.45) is 0 Å². The van der Waals surface area contributed by atoms with Crippen LogP contribution in [0.4, 0.5) is 0 Å². The Bertz CT molecular complexity index is 1400. The van der Waals surface area contributed by atoms with Gasteiger partial charge in [-0.1, -0.05) is 92.9 Å². The number of allylic oxidation sites excluding steroid dienone is 6. The van der Waals surface area contributed by atoms with Crippen molar-refractivity contribution in [1.82, 2.24) is 9.55 Å². The molecule has 0 spiro atoms. The minimum absolute atomic E-state index is 0.842. The summed E-state index contributed by atoms with van der Waals surface area (Å²) in [5.74, 6) is 0.919. The quantitative estimate of drug-likeness (QED) is 0.302. The van der Waals surface area contributed by atoms with Crippen molar-refractivity contribution >= 4 is 39.4 Å². The van der Waals surface area contributed by atoms with Crippen molar-refractivity contribution in [3.8, 4) is 11.4 Å². The lowest BCUT2D eigenvalue weighted by Crippen LogP contribution is -2.02. The number of nitrogens with zero attached hydrogens (tertiary/aromatic N) is 2. The van der Waals surface area contributed by atoms with Gasteiger partial charge in [0.25, 0.3) is 0 Å². The summed E-state index contributed by atoms with van der Waals surface area (Å²) in [6, 6.07) is 17.4. The third kappa shape index (κ3) is 3.07. The predicted octanol–water partition coefficient (Wildman–Crippen LogP) is 8.06. The van der Waals surface area contributed by atoms with E-state index in [-0.39, 0.29) is 0 Å². The van der Waals surface area contributed by atoms with Crippen molar-refractivity contribution < 1.29 is 0 Å². The van der Waals surface area contributed by atoms with E-state index in [2.05, 4.69) is 104 Å². The Kier molecular flexibility index (Phi) is 5.20. The minimum atomic E-state index is 0.842. The van der Waals surface area contributed by atoms with Gasteiger partial charge in [-0.2, -0.15) is 0 Å². The third-order valence-corrected chi connectivity index (χ3v) is 6.18. The lowest BCUT2D eigenvalue weighted by molar-refractivity contribution is 1.09. The van der Waals surface area contributed by atoms with E-state index in [1.165, 1.54) is 27.1 Å². The van der Waals surface area contributed by atoms with E-state index in [9.17, 15) is 0 Å². The summed E-state index contributed by atoms with van der Waals surface area (Å²) in [4.78, 5) is 5.11. The standard InChI is InChI=1S/C30H26N2/c1-4-22-23-17-11-13-19-25(23)29(26-20-14-12-18-24(22)26)30-31-27(5-2)28(6-3)32(30)21-15-9-7-8-10-16-21/h5-9,11-20H,2-4,10H2,1H3. The smallest absolute Gasteiger partial charge is 0.146 e. The van der Waals surface area contributed by atoms with Crippen LogP contribution in [0.5, 0.6) is 0 Å². The van der Waals surface area contributed by atoms with E-state index in [1.807, 2.05) is 12.2 Å². The van der Waals surface area contributed by atoms with Crippen LogP contribution in [-0.4, -0.2) is 9.55 Å². The molecule has 2 heteroatoms. The van der Waals surface area contributed by atoms with E-state index in [1.54, 1.807) is 0 Å². The van der Waals surface area contributed by atoms with Crippen LogP contribution < -0.4 is 0 Å². The number of aromatic nitrogens is 2. The molecule has 0 amide bonds. The van der Waals surface area contributed by atoms with Gasteiger partial charge >= 0.3 is 0 Å². The Labute approximate surface area is 189 Å². The number of hydrogen-bond donors (Lipinski definition) is 0. The van der Waals surface area contributed by atoms with Crippen LogP contribution in [0.2, 0.25) is 0 Å². The van der Waals surface area contributed by atoms with Gasteiger partial charge in [-0.05, 0) is 58.2 Å². The van der Waals surface area contributed by atoms with Gasteiger partial charge < -0.3 is 0 Å². The number of fused-ring (bicyclic) bond motifs is 2. The molecule has 1 aliphatic carbocycles. The normalized spacial score (nSPS) is 13.3. The molecule has 3 aromatic carbocycles. The molecule has 0 bridgehead atoms. The summed E-state index contributed by atoms with van der Waals surface area (Å²) in [6.07, 6.45) is 16.2. The Hall–Kier alpha value is -3.91. The predicted molar refractivity (Wildman–Crippen MR) is 139 cm³/mol. The van der Waals surface area contributed by atoms with Crippen LogP contribution in [0.1, 0.15) is 30.3 Å². The van der Waals surface area contributed by atoms with Gasteiger partial charge in [-0.15, -0.1) is 0 Å². The molecular weight excluding hydrogens is 388 g/mol. The van der Waals surface area contributed by atoms with E-state index in [4.69, 9.17) is 4.98 Å². The summed E-state index contributed by atoms with van der Waals surface area (Å²) in [5, 5.41) is 5.00. The third-order valence-electron chi connectivity index (χ3n) is 6.18. The highest BCUT2D eigenvalue weighted by molar-refractivity contribution is 6.14. The molecule has 0 radical (unpaired) electrons. The Balaban J connectivity index is 1.97. The number of imidazole rings is 1. The number of hydrogen-bond acceptors (Lipinski definition) is 1. The lowest BCUT2D eigenvalue weighted by atomic mass is 9.90. The second-order valence-corrected chi connectivity index (χ2v) is 7.90. The summed E-state index contributed by atoms with van der Waals surface area (Å²) in [7, 11) is 0. The molecule has 0 saturated carbocycles. The van der Waals surface area contributed by atoms with Crippen molar-refractivity contribution in [3.63, 3.8) is 0 Å². The van der Waals surface area contributed by atoms with Crippen molar-refractivity contribution in [2.75, 3.05) is 0 Å². The average Bonchev–Trinajstić information content (AvgIpc) is 3.00. The molecular formula is C30H26N2. The van der Waals surface area contributed by atoms with Gasteiger partial charge in [-0.3, -0.25) is 4.57 Å². The topological polar surface area (TPSA) is 17.8 Å². The number of benzene rings is 3. The maximum Gasteiger partial charge on any atom is 0.146 e. The summed E-state index contributed by atoms with van der Waals surface area (Å²) >= 11 is 0. The Morgan fingerprint density at radius 3 is 2.16 bits per heavy atom. The van der Waals surface area contributed by atoms with Crippen molar-refractivity contribution in [2.45, 2.75) is 19.8 Å². The molecule has 1 aromatic heterocycles. The highest BCUT2D eigenvalue weighted by Crippen LogP contribution is 2.41. The molecule has 0 saturated heterocycles. The molecule has 4 aromatic rings. The Morgan fingerprint density at radius 1 is 0.906 bits per heavy atom. The van der Waals surface area contributed by atoms with Crippen LogP contribution in [0, 0.1) is 0 Å². The first kappa shape index (κ1) is 20.0. The van der Waals surface area contributed by atoms with Crippen LogP contribution in [-0.2, 0) is 6.42 Å². The first-order valence-corrected chi connectivity index (χ1v) is 11.1. The molecule has 156 valence electrons. The molecule has 0 aliphatic heterocycles. The van der Waals surface area contributed by atoms with Crippen LogP contribution in [0.25, 0.3) is 50.8 Å². The van der Waals surface area contributed by atoms with Gasteiger partial charge in [0.1, 0.15) is 5.82 Å². The van der Waals surface area contributed by atoms with Crippen LogP contribution in [0.3, 0.4) is 0 Å². The molecule has 0 atom stereocenters. The maximum atomic E-state index is 5.11. The fraction of sp³-hybridized carbons (Fsp3) is 0.100. The summed E-state index contributed by atoms with van der Waals surface area (Å²) in [5.41, 5.74) is 5.42. The highest BCUT2D eigenvalue weighted by atomic mass is 15.1. The molecule has 32 heavy (non-hydrogen) atoms. The zero-order valence-electron chi connectivity index (χ0n) is 18.4. The summed E-state index contributed by atoms with van der Waals surface area (Å²) in [6.45, 7) is 10.4. The highest BCUT2D eigenvalue weighted by Gasteiger charge is 2.22. The monoisotopic (exact) mass is 414 g/mol. The average molecular weight is 415 g/mol. The Morgan fingerprint density at radius 2 is 1.56 bits per heavy atom. The van der Waals surface area contributed by atoms with E-state index in [0.29, 0.717) is 0 Å². The van der Waals surface area contributed by atoms with Gasteiger partial charge in [0.05, 0.1) is 11.4 Å². The molecule has 5 rings (SSSR count). The molecule has 2 nitrogen and oxygen atoms in total. The lowest BCUT2D eigenvalue weighted by Gasteiger charge is -2.18. The van der Waals surface area contributed by atoms with Crippen LogP contribution in [0.15, 0.2) is 92.1 Å². The SMILES string of the molecule is C=Cc1nc(-c2c3ccccc3c(CC)c3ccccc23)n(C2=CCC=CC=C2)c1C=C. The van der Waals surface area contributed by atoms with Gasteiger partial charge in [0.15, 0.2) is 0 Å².